The van der Waals surface area contributed by atoms with Gasteiger partial charge in [-0.2, -0.15) is 8.78 Å². The van der Waals surface area contributed by atoms with Crippen LogP contribution in [0.4, 0.5) is 8.78 Å². The lowest BCUT2D eigenvalue weighted by Crippen LogP contribution is -2.18. The molecule has 78 valence electrons. The van der Waals surface area contributed by atoms with Crippen molar-refractivity contribution in [2.45, 2.75) is 31.0 Å². The van der Waals surface area contributed by atoms with Gasteiger partial charge in [0.15, 0.2) is 0 Å². The molecule has 0 bridgehead atoms. The summed E-state index contributed by atoms with van der Waals surface area (Å²) in [4.78, 5) is -2.95. The molecule has 0 radical (unpaired) electrons. The monoisotopic (exact) mass is 262 g/mol. The zero-order valence-electron chi connectivity index (χ0n) is 8.44. The summed E-state index contributed by atoms with van der Waals surface area (Å²) in [5.74, 6) is 0. The number of hydrogen-bond acceptors (Lipinski definition) is 0. The Labute approximate surface area is 91.5 Å². The van der Waals surface area contributed by atoms with Gasteiger partial charge in [-0.15, -0.1) is 0 Å². The lowest BCUT2D eigenvalue weighted by Gasteiger charge is -2.24. The second-order valence-corrected chi connectivity index (χ2v) is 5.29. The smallest absolute Gasteiger partial charge is 0.188 e. The molecule has 1 aromatic carbocycles. The molecule has 0 unspecified atom stereocenters. The fraction of sp³-hybridized carbons (Fsp3) is 0.455. The number of alkyl halides is 3. The first-order chi connectivity index (χ1) is 6.23. The molecule has 0 atom stereocenters. The topological polar surface area (TPSA) is 0 Å². The van der Waals surface area contributed by atoms with Crippen LogP contribution < -0.4 is 0 Å². The molecule has 1 rings (SSSR count). The molecule has 0 N–H and O–H groups in total. The minimum atomic E-state index is -2.95. The van der Waals surface area contributed by atoms with Crippen LogP contribution in [0.3, 0.4) is 0 Å². The van der Waals surface area contributed by atoms with Crippen molar-refractivity contribution in [1.82, 2.24) is 0 Å². The Balaban J connectivity index is 3.31. The summed E-state index contributed by atoms with van der Waals surface area (Å²) in [5.41, 5.74) is 0.447. The maximum Gasteiger partial charge on any atom is 0.326 e. The zero-order valence-corrected chi connectivity index (χ0v) is 10.0. The van der Waals surface area contributed by atoms with Gasteiger partial charge >= 0.3 is 4.83 Å². The molecule has 0 aliphatic heterocycles. The zero-order chi connectivity index (χ0) is 11.0. The summed E-state index contributed by atoms with van der Waals surface area (Å²) < 4.78 is 26.3. The normalized spacial score (nSPS) is 13.0. The fourth-order valence-corrected chi connectivity index (χ4v) is 1.73. The number of rotatable bonds is 1. The van der Waals surface area contributed by atoms with Crippen molar-refractivity contribution in [2.75, 3.05) is 0 Å². The molecule has 0 heterocycles. The van der Waals surface area contributed by atoms with E-state index in [9.17, 15) is 8.78 Å². The molecule has 0 spiro atoms. The highest BCUT2D eigenvalue weighted by Crippen LogP contribution is 2.40. The van der Waals surface area contributed by atoms with Crippen molar-refractivity contribution in [2.24, 2.45) is 0 Å². The quantitative estimate of drug-likeness (QED) is 0.657. The average molecular weight is 263 g/mol. The van der Waals surface area contributed by atoms with Gasteiger partial charge in [0.1, 0.15) is 0 Å². The minimum absolute atomic E-state index is 0.0486. The van der Waals surface area contributed by atoms with Gasteiger partial charge in [0, 0.05) is 5.56 Å². The predicted molar refractivity (Wildman–Crippen MR) is 58.0 cm³/mol. The second kappa shape index (κ2) is 3.61. The number of hydrogen-bond donors (Lipinski definition) is 0. The van der Waals surface area contributed by atoms with Crippen LogP contribution in [0.5, 0.6) is 0 Å². The number of halogens is 3. The Hall–Kier alpha value is -0.440. The van der Waals surface area contributed by atoms with Crippen molar-refractivity contribution in [3.05, 3.63) is 35.4 Å². The first-order valence-corrected chi connectivity index (χ1v) is 5.19. The Morgan fingerprint density at radius 3 is 1.71 bits per heavy atom. The summed E-state index contributed by atoms with van der Waals surface area (Å²) in [5, 5.41) is 0. The summed E-state index contributed by atoms with van der Waals surface area (Å²) in [6.07, 6.45) is 0. The van der Waals surface area contributed by atoms with Gasteiger partial charge in [-0.05, 0) is 26.9 Å². The first kappa shape index (κ1) is 11.6. The van der Waals surface area contributed by atoms with Crippen molar-refractivity contribution in [3.63, 3.8) is 0 Å². The average Bonchev–Trinajstić information content (AvgIpc) is 2.01. The molecule has 0 aliphatic carbocycles. The Kier molecular flexibility index (Phi) is 3.00. The standard InChI is InChI=1S/C11H13BrF2/c1-10(2,3)8-6-4-5-7-9(8)11(12,13)14/h4-7H,1-3H3. The molecular formula is C11H13BrF2. The highest BCUT2D eigenvalue weighted by atomic mass is 79.9. The molecule has 0 aromatic heterocycles. The van der Waals surface area contributed by atoms with E-state index in [-0.39, 0.29) is 11.0 Å². The third-order valence-corrected chi connectivity index (χ3v) is 2.47. The molecule has 0 fully saturated rings. The molecule has 0 aliphatic rings. The summed E-state index contributed by atoms with van der Waals surface area (Å²) in [7, 11) is 0. The van der Waals surface area contributed by atoms with E-state index in [1.54, 1.807) is 18.2 Å². The molecule has 0 saturated heterocycles. The van der Waals surface area contributed by atoms with Gasteiger partial charge in [0.2, 0.25) is 0 Å². The van der Waals surface area contributed by atoms with Crippen LogP contribution in [0.15, 0.2) is 24.3 Å². The molecule has 3 heteroatoms. The van der Waals surface area contributed by atoms with E-state index in [0.29, 0.717) is 5.56 Å². The Morgan fingerprint density at radius 2 is 1.43 bits per heavy atom. The van der Waals surface area contributed by atoms with Crippen LogP contribution in [0.1, 0.15) is 31.9 Å². The van der Waals surface area contributed by atoms with Crippen molar-refractivity contribution in [1.29, 1.82) is 0 Å². The molecular weight excluding hydrogens is 250 g/mol. The van der Waals surface area contributed by atoms with Gasteiger partial charge in [-0.25, -0.2) is 0 Å². The van der Waals surface area contributed by atoms with Crippen LogP contribution >= 0.6 is 15.9 Å². The predicted octanol–water partition coefficient (Wildman–Crippen LogP) is 4.43. The van der Waals surface area contributed by atoms with Gasteiger partial charge in [0.05, 0.1) is 0 Å². The van der Waals surface area contributed by atoms with Gasteiger partial charge in [0.25, 0.3) is 0 Å². The molecule has 14 heavy (non-hydrogen) atoms. The third kappa shape index (κ3) is 2.53. The van der Waals surface area contributed by atoms with Crippen LogP contribution in [-0.2, 0) is 10.2 Å². The summed E-state index contributed by atoms with van der Waals surface area (Å²) >= 11 is 2.40. The van der Waals surface area contributed by atoms with Gasteiger partial charge in [-0.3, -0.25) is 0 Å². The van der Waals surface area contributed by atoms with E-state index >= 15 is 0 Å². The van der Waals surface area contributed by atoms with E-state index < -0.39 is 4.83 Å². The third-order valence-electron chi connectivity index (χ3n) is 2.04. The minimum Gasteiger partial charge on any atom is -0.188 e. The van der Waals surface area contributed by atoms with E-state index in [4.69, 9.17) is 0 Å². The second-order valence-electron chi connectivity index (χ2n) is 4.29. The van der Waals surface area contributed by atoms with Crippen LogP contribution in [0.2, 0.25) is 0 Å². The lowest BCUT2D eigenvalue weighted by atomic mass is 9.84. The van der Waals surface area contributed by atoms with Crippen molar-refractivity contribution in [3.8, 4) is 0 Å². The lowest BCUT2D eigenvalue weighted by molar-refractivity contribution is 0.112. The summed E-state index contributed by atoms with van der Waals surface area (Å²) in [6, 6.07) is 6.60. The van der Waals surface area contributed by atoms with Gasteiger partial charge < -0.3 is 0 Å². The van der Waals surface area contributed by atoms with Crippen LogP contribution in [0.25, 0.3) is 0 Å². The van der Waals surface area contributed by atoms with E-state index in [2.05, 4.69) is 15.9 Å². The highest BCUT2D eigenvalue weighted by Gasteiger charge is 2.32. The highest BCUT2D eigenvalue weighted by molar-refractivity contribution is 9.09. The molecule has 0 nitrogen and oxygen atoms in total. The largest absolute Gasteiger partial charge is 0.326 e. The van der Waals surface area contributed by atoms with Crippen LogP contribution in [-0.4, -0.2) is 0 Å². The SMILES string of the molecule is CC(C)(C)c1ccccc1C(F)(F)Br. The van der Waals surface area contributed by atoms with Crippen LogP contribution in [0, 0.1) is 0 Å². The van der Waals surface area contributed by atoms with E-state index in [1.165, 1.54) is 6.07 Å². The first-order valence-electron chi connectivity index (χ1n) is 4.39. The number of benzene rings is 1. The maximum atomic E-state index is 13.2. The molecule has 0 saturated carbocycles. The van der Waals surface area contributed by atoms with Gasteiger partial charge in [-0.1, -0.05) is 45.0 Å². The fourth-order valence-electron chi connectivity index (χ4n) is 1.38. The molecule has 0 amide bonds. The van der Waals surface area contributed by atoms with Crippen molar-refractivity contribution >= 4 is 15.9 Å². The molecule has 1 aromatic rings. The Morgan fingerprint density at radius 1 is 1.00 bits per heavy atom. The maximum absolute atomic E-state index is 13.2. The van der Waals surface area contributed by atoms with E-state index in [1.807, 2.05) is 20.8 Å². The van der Waals surface area contributed by atoms with Crippen molar-refractivity contribution < 1.29 is 8.78 Å². The van der Waals surface area contributed by atoms with E-state index in [0.717, 1.165) is 0 Å². The summed E-state index contributed by atoms with van der Waals surface area (Å²) in [6.45, 7) is 5.76. The Bertz CT molecular complexity index is 288.